The van der Waals surface area contributed by atoms with Crippen molar-refractivity contribution in [3.05, 3.63) is 0 Å². The van der Waals surface area contributed by atoms with Gasteiger partial charge in [-0.3, -0.25) is 10.3 Å². The SMILES string of the molecule is CC(C)(CCN(CCO)C1CC1)C(=N)N. The topological polar surface area (TPSA) is 73.3 Å². The van der Waals surface area contributed by atoms with Crippen molar-refractivity contribution in [1.82, 2.24) is 4.90 Å². The summed E-state index contributed by atoms with van der Waals surface area (Å²) in [7, 11) is 0. The molecule has 4 nitrogen and oxygen atoms in total. The predicted molar refractivity (Wildman–Crippen MR) is 62.0 cm³/mol. The molecule has 0 bridgehead atoms. The summed E-state index contributed by atoms with van der Waals surface area (Å²) in [5.74, 6) is 0.252. The Morgan fingerprint density at radius 3 is 2.47 bits per heavy atom. The quantitative estimate of drug-likeness (QED) is 0.432. The van der Waals surface area contributed by atoms with Crippen molar-refractivity contribution in [2.24, 2.45) is 11.1 Å². The fraction of sp³-hybridized carbons (Fsp3) is 0.909. The Morgan fingerprint density at radius 1 is 1.47 bits per heavy atom. The number of aliphatic hydroxyl groups excluding tert-OH is 1. The van der Waals surface area contributed by atoms with E-state index in [0.29, 0.717) is 6.04 Å². The fourth-order valence-electron chi connectivity index (χ4n) is 1.60. The van der Waals surface area contributed by atoms with E-state index >= 15 is 0 Å². The number of hydrogen-bond donors (Lipinski definition) is 3. The molecule has 0 heterocycles. The molecule has 0 aromatic carbocycles. The lowest BCUT2D eigenvalue weighted by Crippen LogP contribution is -2.37. The Hall–Kier alpha value is -0.610. The molecule has 0 amide bonds. The van der Waals surface area contributed by atoms with Gasteiger partial charge in [0.2, 0.25) is 0 Å². The van der Waals surface area contributed by atoms with Gasteiger partial charge in [-0.25, -0.2) is 0 Å². The van der Waals surface area contributed by atoms with Crippen LogP contribution in [0.25, 0.3) is 0 Å². The van der Waals surface area contributed by atoms with Crippen LogP contribution in [0.2, 0.25) is 0 Å². The highest BCUT2D eigenvalue weighted by molar-refractivity contribution is 5.82. The summed E-state index contributed by atoms with van der Waals surface area (Å²) in [6, 6.07) is 0.667. The minimum absolute atomic E-state index is 0.219. The number of rotatable bonds is 7. The first-order chi connectivity index (χ1) is 6.97. The summed E-state index contributed by atoms with van der Waals surface area (Å²) >= 11 is 0. The molecular formula is C11H23N3O. The number of aliphatic hydroxyl groups is 1. The first kappa shape index (κ1) is 12.5. The van der Waals surface area contributed by atoms with E-state index in [2.05, 4.69) is 4.90 Å². The van der Waals surface area contributed by atoms with E-state index in [1.807, 2.05) is 13.8 Å². The molecule has 1 aliphatic rings. The number of hydrogen-bond acceptors (Lipinski definition) is 3. The van der Waals surface area contributed by atoms with E-state index in [9.17, 15) is 0 Å². The van der Waals surface area contributed by atoms with E-state index in [1.54, 1.807) is 0 Å². The molecule has 0 aliphatic heterocycles. The van der Waals surface area contributed by atoms with Gasteiger partial charge in [0.25, 0.3) is 0 Å². The van der Waals surface area contributed by atoms with Crippen LogP contribution in [0.15, 0.2) is 0 Å². The Labute approximate surface area is 92.0 Å². The third kappa shape index (κ3) is 3.80. The van der Waals surface area contributed by atoms with Crippen LogP contribution in [0.4, 0.5) is 0 Å². The number of nitrogens with zero attached hydrogens (tertiary/aromatic N) is 1. The van der Waals surface area contributed by atoms with Gasteiger partial charge in [0.05, 0.1) is 12.4 Å². The Kier molecular flexibility index (Phi) is 4.11. The molecular weight excluding hydrogens is 190 g/mol. The smallest absolute Gasteiger partial charge is 0.0963 e. The Bertz CT molecular complexity index is 224. The summed E-state index contributed by atoms with van der Waals surface area (Å²) in [4.78, 5) is 2.31. The van der Waals surface area contributed by atoms with Crippen LogP contribution in [0.5, 0.6) is 0 Å². The fourth-order valence-corrected chi connectivity index (χ4v) is 1.60. The van der Waals surface area contributed by atoms with Crippen LogP contribution in [0.3, 0.4) is 0 Å². The average Bonchev–Trinajstić information content (AvgIpc) is 2.95. The summed E-state index contributed by atoms with van der Waals surface area (Å²) in [6.45, 7) is 5.90. The van der Waals surface area contributed by atoms with Crippen molar-refractivity contribution in [3.63, 3.8) is 0 Å². The largest absolute Gasteiger partial charge is 0.395 e. The second kappa shape index (κ2) is 4.94. The monoisotopic (exact) mass is 213 g/mol. The van der Waals surface area contributed by atoms with Crippen molar-refractivity contribution in [2.75, 3.05) is 19.7 Å². The second-order valence-electron chi connectivity index (χ2n) is 5.04. The first-order valence-electron chi connectivity index (χ1n) is 5.67. The van der Waals surface area contributed by atoms with Crippen LogP contribution in [-0.2, 0) is 0 Å². The normalized spacial score (nSPS) is 17.1. The van der Waals surface area contributed by atoms with E-state index in [4.69, 9.17) is 16.2 Å². The minimum atomic E-state index is -0.220. The van der Waals surface area contributed by atoms with Gasteiger partial charge in [-0.15, -0.1) is 0 Å². The third-order valence-electron chi connectivity index (χ3n) is 3.20. The number of nitrogens with one attached hydrogen (secondary N) is 1. The molecule has 1 rings (SSSR count). The molecule has 0 spiro atoms. The van der Waals surface area contributed by atoms with Gasteiger partial charge in [-0.1, -0.05) is 13.8 Å². The van der Waals surface area contributed by atoms with Crippen LogP contribution < -0.4 is 5.73 Å². The molecule has 1 fully saturated rings. The van der Waals surface area contributed by atoms with E-state index in [1.165, 1.54) is 12.8 Å². The lowest BCUT2D eigenvalue weighted by Gasteiger charge is -2.28. The van der Waals surface area contributed by atoms with Crippen molar-refractivity contribution in [1.29, 1.82) is 5.41 Å². The summed E-state index contributed by atoms with van der Waals surface area (Å²) in [5.41, 5.74) is 5.32. The number of amidine groups is 1. The molecule has 0 aromatic rings. The molecule has 0 atom stereocenters. The molecule has 15 heavy (non-hydrogen) atoms. The lowest BCUT2D eigenvalue weighted by molar-refractivity contribution is 0.177. The number of nitrogens with two attached hydrogens (primary N) is 1. The van der Waals surface area contributed by atoms with Gasteiger partial charge in [0.1, 0.15) is 0 Å². The highest BCUT2D eigenvalue weighted by Gasteiger charge is 2.30. The summed E-state index contributed by atoms with van der Waals surface area (Å²) in [6.07, 6.45) is 3.39. The lowest BCUT2D eigenvalue weighted by atomic mass is 9.88. The van der Waals surface area contributed by atoms with Crippen molar-refractivity contribution < 1.29 is 5.11 Å². The second-order valence-corrected chi connectivity index (χ2v) is 5.04. The van der Waals surface area contributed by atoms with Crippen molar-refractivity contribution in [2.45, 2.75) is 39.2 Å². The maximum atomic E-state index is 8.94. The Morgan fingerprint density at radius 2 is 2.07 bits per heavy atom. The summed E-state index contributed by atoms with van der Waals surface area (Å²) < 4.78 is 0. The van der Waals surface area contributed by atoms with Gasteiger partial charge >= 0.3 is 0 Å². The van der Waals surface area contributed by atoms with Crippen LogP contribution in [0, 0.1) is 10.8 Å². The molecule has 1 saturated carbocycles. The molecule has 1 aliphatic carbocycles. The zero-order valence-electron chi connectivity index (χ0n) is 9.79. The van der Waals surface area contributed by atoms with Crippen molar-refractivity contribution in [3.8, 4) is 0 Å². The Balaban J connectivity index is 2.35. The van der Waals surface area contributed by atoms with Crippen LogP contribution >= 0.6 is 0 Å². The minimum Gasteiger partial charge on any atom is -0.395 e. The molecule has 0 radical (unpaired) electrons. The van der Waals surface area contributed by atoms with Gasteiger partial charge in [-0.2, -0.15) is 0 Å². The van der Waals surface area contributed by atoms with Gasteiger partial charge in [0.15, 0.2) is 0 Å². The molecule has 4 N–H and O–H groups in total. The summed E-state index contributed by atoms with van der Waals surface area (Å²) in [5, 5.41) is 16.4. The zero-order valence-corrected chi connectivity index (χ0v) is 9.79. The van der Waals surface area contributed by atoms with Crippen LogP contribution in [-0.4, -0.2) is 41.6 Å². The first-order valence-corrected chi connectivity index (χ1v) is 5.67. The van der Waals surface area contributed by atoms with Crippen molar-refractivity contribution >= 4 is 5.84 Å². The average molecular weight is 213 g/mol. The van der Waals surface area contributed by atoms with Crippen LogP contribution in [0.1, 0.15) is 33.1 Å². The standard InChI is InChI=1S/C11H23N3O/c1-11(2,10(12)13)5-6-14(7-8-15)9-3-4-9/h9,15H,3-8H2,1-2H3,(H3,12,13). The molecule has 0 saturated heterocycles. The van der Waals surface area contributed by atoms with Gasteiger partial charge < -0.3 is 10.8 Å². The maximum Gasteiger partial charge on any atom is 0.0963 e. The maximum absolute atomic E-state index is 8.94. The highest BCUT2D eigenvalue weighted by Crippen LogP contribution is 2.28. The molecule has 0 aromatic heterocycles. The molecule has 0 unspecified atom stereocenters. The van der Waals surface area contributed by atoms with Gasteiger partial charge in [0, 0.05) is 18.0 Å². The van der Waals surface area contributed by atoms with E-state index in [-0.39, 0.29) is 17.9 Å². The highest BCUT2D eigenvalue weighted by atomic mass is 16.3. The predicted octanol–water partition coefficient (Wildman–Crippen LogP) is 0.795. The van der Waals surface area contributed by atoms with E-state index < -0.39 is 0 Å². The molecule has 4 heteroatoms. The van der Waals surface area contributed by atoms with Gasteiger partial charge in [-0.05, 0) is 25.8 Å². The van der Waals surface area contributed by atoms with E-state index in [0.717, 1.165) is 19.5 Å². The molecule has 88 valence electrons. The zero-order chi connectivity index (χ0) is 11.5. The third-order valence-corrected chi connectivity index (χ3v) is 3.20.